The van der Waals surface area contributed by atoms with Crippen LogP contribution < -0.4 is 10.2 Å². The minimum atomic E-state index is 0.0299. The minimum Gasteiger partial charge on any atom is -0.378 e. The van der Waals surface area contributed by atoms with E-state index < -0.39 is 0 Å². The molecule has 1 N–H and O–H groups in total. The summed E-state index contributed by atoms with van der Waals surface area (Å²) in [5, 5.41) is 2.98. The van der Waals surface area contributed by atoms with E-state index in [0.717, 1.165) is 36.9 Å². The summed E-state index contributed by atoms with van der Waals surface area (Å²) < 4.78 is 0. The van der Waals surface area contributed by atoms with Gasteiger partial charge in [0.25, 0.3) is 0 Å². The summed E-state index contributed by atoms with van der Waals surface area (Å²) in [5.41, 5.74) is 4.74. The third kappa shape index (κ3) is 3.55. The van der Waals surface area contributed by atoms with Crippen LogP contribution in [0.1, 0.15) is 36.3 Å². The quantitative estimate of drug-likeness (QED) is 0.811. The van der Waals surface area contributed by atoms with Gasteiger partial charge in [0.2, 0.25) is 5.91 Å². The van der Waals surface area contributed by atoms with Gasteiger partial charge < -0.3 is 10.2 Å². The van der Waals surface area contributed by atoms with Gasteiger partial charge in [-0.1, -0.05) is 36.8 Å². The molecule has 1 aliphatic heterocycles. The van der Waals surface area contributed by atoms with Crippen molar-refractivity contribution in [2.75, 3.05) is 24.3 Å². The number of carbonyl (C=O) groups excluding carboxylic acids is 1. The number of unbranched alkanes of at least 4 members (excludes halogenated alkanes) is 1. The Morgan fingerprint density at radius 2 is 1.74 bits per heavy atom. The Balaban J connectivity index is 1.49. The third-order valence-corrected chi connectivity index (χ3v) is 4.57. The van der Waals surface area contributed by atoms with Gasteiger partial charge in [0, 0.05) is 25.5 Å². The van der Waals surface area contributed by atoms with Crippen LogP contribution in [0.2, 0.25) is 0 Å². The number of nitrogens with one attached hydrogen (secondary N) is 1. The number of hydrogen-bond acceptors (Lipinski definition) is 2. The van der Waals surface area contributed by atoms with Crippen LogP contribution in [0.4, 0.5) is 11.4 Å². The molecule has 0 spiro atoms. The highest BCUT2D eigenvalue weighted by molar-refractivity contribution is 6.02. The molecule has 1 aliphatic rings. The van der Waals surface area contributed by atoms with Crippen LogP contribution in [0.5, 0.6) is 0 Å². The van der Waals surface area contributed by atoms with Crippen molar-refractivity contribution < 1.29 is 4.79 Å². The zero-order chi connectivity index (χ0) is 16.2. The molecule has 1 heterocycles. The fourth-order valence-electron chi connectivity index (χ4n) is 3.20. The Kier molecular flexibility index (Phi) is 4.65. The molecule has 2 aromatic carbocycles. The molecular weight excluding hydrogens is 284 g/mol. The molecule has 0 aliphatic carbocycles. The number of nitrogens with zero attached hydrogens (tertiary/aromatic N) is 1. The lowest BCUT2D eigenvalue weighted by atomic mass is 9.94. The van der Waals surface area contributed by atoms with Crippen molar-refractivity contribution in [3.05, 3.63) is 59.7 Å². The normalized spacial score (nSPS) is 16.1. The van der Waals surface area contributed by atoms with Crippen LogP contribution in [0, 0.1) is 0 Å². The van der Waals surface area contributed by atoms with Gasteiger partial charge >= 0.3 is 0 Å². The highest BCUT2D eigenvalue weighted by Gasteiger charge is 2.29. The average molecular weight is 308 g/mol. The molecular formula is C20H24N2O. The van der Waals surface area contributed by atoms with Crippen LogP contribution in [0.25, 0.3) is 0 Å². The van der Waals surface area contributed by atoms with E-state index in [0.29, 0.717) is 0 Å². The molecule has 3 nitrogen and oxygen atoms in total. The van der Waals surface area contributed by atoms with E-state index >= 15 is 0 Å². The lowest BCUT2D eigenvalue weighted by molar-refractivity contribution is -0.117. The van der Waals surface area contributed by atoms with Gasteiger partial charge in [0.15, 0.2) is 0 Å². The first-order valence-corrected chi connectivity index (χ1v) is 8.31. The molecule has 120 valence electrons. The van der Waals surface area contributed by atoms with Crippen molar-refractivity contribution in [1.82, 2.24) is 0 Å². The van der Waals surface area contributed by atoms with E-state index in [1.54, 1.807) is 0 Å². The molecule has 23 heavy (non-hydrogen) atoms. The zero-order valence-corrected chi connectivity index (χ0v) is 13.9. The first-order chi connectivity index (χ1) is 11.1. The second kappa shape index (κ2) is 6.86. The number of anilines is 2. The first-order valence-electron chi connectivity index (χ1n) is 8.31. The third-order valence-electron chi connectivity index (χ3n) is 4.57. The molecule has 1 unspecified atom stereocenters. The molecule has 2 aromatic rings. The molecule has 0 radical (unpaired) electrons. The van der Waals surface area contributed by atoms with Gasteiger partial charge in [0.05, 0.1) is 5.92 Å². The summed E-state index contributed by atoms with van der Waals surface area (Å²) in [7, 11) is 4.11. The summed E-state index contributed by atoms with van der Waals surface area (Å²) in [6, 6.07) is 16.8. The molecule has 3 heteroatoms. The van der Waals surface area contributed by atoms with E-state index in [1.165, 1.54) is 11.3 Å². The van der Waals surface area contributed by atoms with Crippen LogP contribution in [0.15, 0.2) is 48.5 Å². The molecule has 1 amide bonds. The number of fused-ring (bicyclic) bond motifs is 1. The van der Waals surface area contributed by atoms with Gasteiger partial charge in [-0.25, -0.2) is 0 Å². The van der Waals surface area contributed by atoms with Crippen LogP contribution in [-0.2, 0) is 11.2 Å². The Labute approximate surface area is 138 Å². The van der Waals surface area contributed by atoms with E-state index in [-0.39, 0.29) is 11.8 Å². The van der Waals surface area contributed by atoms with Gasteiger partial charge in [-0.2, -0.15) is 0 Å². The second-order valence-corrected chi connectivity index (χ2v) is 6.44. The Morgan fingerprint density at radius 1 is 1.00 bits per heavy atom. The lowest BCUT2D eigenvalue weighted by Crippen LogP contribution is -2.12. The summed E-state index contributed by atoms with van der Waals surface area (Å²) in [6.45, 7) is 0. The van der Waals surface area contributed by atoms with Crippen molar-refractivity contribution in [2.24, 2.45) is 0 Å². The Morgan fingerprint density at radius 3 is 2.48 bits per heavy atom. The van der Waals surface area contributed by atoms with Gasteiger partial charge in [0.1, 0.15) is 0 Å². The molecule has 0 saturated heterocycles. The standard InChI is InChI=1S/C20H24N2O/c1-22(2)16-13-11-15(12-14-16)7-3-4-9-18-17-8-5-6-10-19(17)21-20(18)23/h5-6,8,10-14,18H,3-4,7,9H2,1-2H3,(H,21,23). The number of rotatable bonds is 6. The molecule has 0 saturated carbocycles. The predicted octanol–water partition coefficient (Wildman–Crippen LogP) is 4.20. The van der Waals surface area contributed by atoms with Crippen molar-refractivity contribution in [3.8, 4) is 0 Å². The van der Waals surface area contributed by atoms with E-state index in [4.69, 9.17) is 0 Å². The Hall–Kier alpha value is -2.29. The maximum atomic E-state index is 12.1. The fraction of sp³-hybridized carbons (Fsp3) is 0.350. The topological polar surface area (TPSA) is 32.3 Å². The van der Waals surface area contributed by atoms with E-state index in [9.17, 15) is 4.79 Å². The number of aryl methyl sites for hydroxylation is 1. The van der Waals surface area contributed by atoms with Crippen molar-refractivity contribution in [3.63, 3.8) is 0 Å². The van der Waals surface area contributed by atoms with Gasteiger partial charge in [-0.05, 0) is 48.6 Å². The summed E-state index contributed by atoms with van der Waals surface area (Å²) in [6.07, 6.45) is 4.19. The first kappa shape index (κ1) is 15.6. The predicted molar refractivity (Wildman–Crippen MR) is 96.1 cm³/mol. The molecule has 1 atom stereocenters. The molecule has 0 aromatic heterocycles. The zero-order valence-electron chi connectivity index (χ0n) is 13.9. The highest BCUT2D eigenvalue weighted by Crippen LogP contribution is 2.35. The number of para-hydroxylation sites is 1. The number of carbonyl (C=O) groups is 1. The largest absolute Gasteiger partial charge is 0.378 e. The van der Waals surface area contributed by atoms with Crippen LogP contribution in [-0.4, -0.2) is 20.0 Å². The summed E-state index contributed by atoms with van der Waals surface area (Å²) in [5.74, 6) is 0.184. The van der Waals surface area contributed by atoms with E-state index in [1.807, 2.05) is 18.2 Å². The van der Waals surface area contributed by atoms with Crippen molar-refractivity contribution in [1.29, 1.82) is 0 Å². The highest BCUT2D eigenvalue weighted by atomic mass is 16.2. The number of benzene rings is 2. The number of amides is 1. The minimum absolute atomic E-state index is 0.0299. The monoisotopic (exact) mass is 308 g/mol. The molecule has 0 fully saturated rings. The Bertz CT molecular complexity index is 676. The SMILES string of the molecule is CN(C)c1ccc(CCCCC2C(=O)Nc3ccccc32)cc1. The van der Waals surface area contributed by atoms with Gasteiger partial charge in [-0.15, -0.1) is 0 Å². The maximum Gasteiger partial charge on any atom is 0.232 e. The molecule has 0 bridgehead atoms. The summed E-state index contributed by atoms with van der Waals surface area (Å²) >= 11 is 0. The van der Waals surface area contributed by atoms with E-state index in [2.05, 4.69) is 54.6 Å². The number of hydrogen-bond donors (Lipinski definition) is 1. The van der Waals surface area contributed by atoms with Gasteiger partial charge in [-0.3, -0.25) is 4.79 Å². The average Bonchev–Trinajstić information content (AvgIpc) is 2.87. The van der Waals surface area contributed by atoms with Crippen molar-refractivity contribution >= 4 is 17.3 Å². The van der Waals surface area contributed by atoms with Crippen molar-refractivity contribution in [2.45, 2.75) is 31.6 Å². The lowest BCUT2D eigenvalue weighted by Gasteiger charge is -2.13. The molecule has 3 rings (SSSR count). The second-order valence-electron chi connectivity index (χ2n) is 6.44. The van der Waals surface area contributed by atoms with Crippen LogP contribution in [0.3, 0.4) is 0 Å². The smallest absolute Gasteiger partial charge is 0.232 e. The summed E-state index contributed by atoms with van der Waals surface area (Å²) in [4.78, 5) is 14.2. The maximum absolute atomic E-state index is 12.1. The van der Waals surface area contributed by atoms with Crippen LogP contribution >= 0.6 is 0 Å². The fourth-order valence-corrected chi connectivity index (χ4v) is 3.20.